The van der Waals surface area contributed by atoms with Crippen LogP contribution in [0.3, 0.4) is 0 Å². The van der Waals surface area contributed by atoms with Crippen LogP contribution in [-0.2, 0) is 9.05 Å². The molecule has 1 heterocycles. The van der Waals surface area contributed by atoms with E-state index in [1.165, 1.54) is 30.5 Å². The predicted octanol–water partition coefficient (Wildman–Crippen LogP) is 2.09. The molecule has 0 fully saturated rings. The molecule has 0 aliphatic heterocycles. The molecule has 84 valence electrons. The second-order valence-corrected chi connectivity index (χ2v) is 5.63. The van der Waals surface area contributed by atoms with Crippen LogP contribution in [0.15, 0.2) is 35.4 Å². The molecule has 2 aromatic rings. The molecule has 1 aromatic heterocycles. The number of carboxylic acid groups (broad SMARTS) is 1. The molecule has 2 rings (SSSR count). The third-order valence-electron chi connectivity index (χ3n) is 2.16. The van der Waals surface area contributed by atoms with E-state index in [1.54, 1.807) is 0 Å². The standard InChI is InChI=1S/C9H6ClNO4S/c10-16(14,15)8-3-1-2-7-6(8)4-5-11(7)9(12)13/h1-5H,(H,12,13). The van der Waals surface area contributed by atoms with Crippen molar-refractivity contribution in [3.8, 4) is 0 Å². The summed E-state index contributed by atoms with van der Waals surface area (Å²) in [6, 6.07) is 5.68. The van der Waals surface area contributed by atoms with Gasteiger partial charge >= 0.3 is 6.09 Å². The van der Waals surface area contributed by atoms with Crippen LogP contribution in [0.4, 0.5) is 4.79 Å². The van der Waals surface area contributed by atoms with Crippen molar-refractivity contribution in [3.63, 3.8) is 0 Å². The largest absolute Gasteiger partial charge is 0.464 e. The number of nitrogens with zero attached hydrogens (tertiary/aromatic N) is 1. The average molecular weight is 260 g/mol. The normalized spacial score (nSPS) is 11.8. The Morgan fingerprint density at radius 2 is 2.00 bits per heavy atom. The quantitative estimate of drug-likeness (QED) is 0.796. The van der Waals surface area contributed by atoms with Gasteiger partial charge in [0, 0.05) is 22.3 Å². The summed E-state index contributed by atoms with van der Waals surface area (Å²) in [5, 5.41) is 9.14. The average Bonchev–Trinajstić information content (AvgIpc) is 2.58. The summed E-state index contributed by atoms with van der Waals surface area (Å²) in [5.41, 5.74) is 0.286. The van der Waals surface area contributed by atoms with Crippen LogP contribution < -0.4 is 0 Å². The molecular formula is C9H6ClNO4S. The lowest BCUT2D eigenvalue weighted by molar-refractivity contribution is 0.197. The molecule has 0 atom stereocenters. The summed E-state index contributed by atoms with van der Waals surface area (Å²) < 4.78 is 23.4. The highest BCUT2D eigenvalue weighted by Gasteiger charge is 2.17. The van der Waals surface area contributed by atoms with Gasteiger partial charge in [0.15, 0.2) is 0 Å². The Morgan fingerprint density at radius 3 is 2.56 bits per heavy atom. The monoisotopic (exact) mass is 259 g/mol. The molecule has 0 amide bonds. The van der Waals surface area contributed by atoms with Gasteiger partial charge in [0.25, 0.3) is 9.05 Å². The van der Waals surface area contributed by atoms with Gasteiger partial charge < -0.3 is 5.11 Å². The summed E-state index contributed by atoms with van der Waals surface area (Å²) in [5.74, 6) is 0. The Morgan fingerprint density at radius 1 is 1.31 bits per heavy atom. The third kappa shape index (κ3) is 1.66. The zero-order valence-corrected chi connectivity index (χ0v) is 9.36. The van der Waals surface area contributed by atoms with Gasteiger partial charge in [0.05, 0.1) is 10.4 Å². The van der Waals surface area contributed by atoms with Gasteiger partial charge in [0.2, 0.25) is 0 Å². The number of carbonyl (C=O) groups is 1. The minimum Gasteiger partial charge on any atom is -0.464 e. The van der Waals surface area contributed by atoms with E-state index in [9.17, 15) is 13.2 Å². The van der Waals surface area contributed by atoms with Crippen molar-refractivity contribution in [1.82, 2.24) is 4.57 Å². The van der Waals surface area contributed by atoms with E-state index < -0.39 is 15.1 Å². The van der Waals surface area contributed by atoms with E-state index in [0.29, 0.717) is 5.39 Å². The summed E-state index contributed by atoms with van der Waals surface area (Å²) in [7, 11) is 1.37. The number of fused-ring (bicyclic) bond motifs is 1. The number of halogens is 1. The highest BCUT2D eigenvalue weighted by molar-refractivity contribution is 8.14. The topological polar surface area (TPSA) is 76.4 Å². The first-order chi connectivity index (χ1) is 7.41. The first-order valence-corrected chi connectivity index (χ1v) is 6.50. The van der Waals surface area contributed by atoms with Gasteiger partial charge in [-0.25, -0.2) is 13.2 Å². The zero-order valence-electron chi connectivity index (χ0n) is 7.79. The van der Waals surface area contributed by atoms with Crippen molar-refractivity contribution >= 4 is 36.7 Å². The second-order valence-electron chi connectivity index (χ2n) is 3.10. The highest BCUT2D eigenvalue weighted by atomic mass is 35.7. The number of hydrogen-bond donors (Lipinski definition) is 1. The van der Waals surface area contributed by atoms with Crippen molar-refractivity contribution in [2.75, 3.05) is 0 Å². The second kappa shape index (κ2) is 3.50. The highest BCUT2D eigenvalue weighted by Crippen LogP contribution is 2.26. The zero-order chi connectivity index (χ0) is 11.9. The van der Waals surface area contributed by atoms with Crippen LogP contribution >= 0.6 is 10.7 Å². The number of hydrogen-bond acceptors (Lipinski definition) is 3. The van der Waals surface area contributed by atoms with Crippen LogP contribution in [0.25, 0.3) is 10.9 Å². The summed E-state index contributed by atoms with van der Waals surface area (Å²) in [6.45, 7) is 0. The maximum Gasteiger partial charge on any atom is 0.415 e. The van der Waals surface area contributed by atoms with Crippen LogP contribution in [0, 0.1) is 0 Å². The Kier molecular flexibility index (Phi) is 2.40. The molecule has 0 aliphatic carbocycles. The van der Waals surface area contributed by atoms with Crippen LogP contribution in [0.2, 0.25) is 0 Å². The van der Waals surface area contributed by atoms with Crippen molar-refractivity contribution in [2.24, 2.45) is 0 Å². The molecule has 1 aromatic carbocycles. The summed E-state index contributed by atoms with van der Waals surface area (Å²) in [6.07, 6.45) is 0.0950. The van der Waals surface area contributed by atoms with Gasteiger partial charge in [-0.15, -0.1) is 0 Å². The van der Waals surface area contributed by atoms with Gasteiger partial charge in [-0.1, -0.05) is 6.07 Å². The maximum atomic E-state index is 11.2. The van der Waals surface area contributed by atoms with E-state index >= 15 is 0 Å². The van der Waals surface area contributed by atoms with Crippen molar-refractivity contribution in [2.45, 2.75) is 4.90 Å². The van der Waals surface area contributed by atoms with Crippen molar-refractivity contribution < 1.29 is 18.3 Å². The Hall–Kier alpha value is -1.53. The van der Waals surface area contributed by atoms with E-state index in [1.807, 2.05) is 0 Å². The fraction of sp³-hybridized carbons (Fsp3) is 0. The van der Waals surface area contributed by atoms with Gasteiger partial charge in [-0.3, -0.25) is 4.57 Å². The van der Waals surface area contributed by atoms with E-state index in [0.717, 1.165) is 4.57 Å². The molecule has 1 N–H and O–H groups in total. The molecule has 0 bridgehead atoms. The predicted molar refractivity (Wildman–Crippen MR) is 58.4 cm³/mol. The fourth-order valence-corrected chi connectivity index (χ4v) is 2.60. The molecular weight excluding hydrogens is 254 g/mol. The molecule has 0 unspecified atom stereocenters. The molecule has 0 radical (unpaired) electrons. The van der Waals surface area contributed by atoms with Crippen molar-refractivity contribution in [3.05, 3.63) is 30.5 Å². The maximum absolute atomic E-state index is 11.2. The van der Waals surface area contributed by atoms with Crippen LogP contribution in [0.5, 0.6) is 0 Å². The van der Waals surface area contributed by atoms with E-state index in [4.69, 9.17) is 15.8 Å². The molecule has 5 nitrogen and oxygen atoms in total. The van der Waals surface area contributed by atoms with Gasteiger partial charge in [-0.2, -0.15) is 0 Å². The SMILES string of the molecule is O=C(O)n1ccc2c(S(=O)(=O)Cl)cccc21. The lowest BCUT2D eigenvalue weighted by Crippen LogP contribution is -2.05. The number of rotatable bonds is 1. The smallest absolute Gasteiger partial charge is 0.415 e. The van der Waals surface area contributed by atoms with Gasteiger partial charge in [-0.05, 0) is 18.2 Å². The van der Waals surface area contributed by atoms with Crippen LogP contribution in [0.1, 0.15) is 0 Å². The minimum atomic E-state index is -3.88. The third-order valence-corrected chi connectivity index (χ3v) is 3.54. The first kappa shape index (κ1) is 11.0. The Balaban J connectivity index is 2.87. The molecule has 7 heteroatoms. The van der Waals surface area contributed by atoms with Crippen molar-refractivity contribution in [1.29, 1.82) is 0 Å². The molecule has 0 spiro atoms. The Bertz CT molecular complexity index is 674. The van der Waals surface area contributed by atoms with E-state index in [2.05, 4.69) is 0 Å². The summed E-state index contributed by atoms with van der Waals surface area (Å²) in [4.78, 5) is 10.7. The molecule has 0 saturated carbocycles. The van der Waals surface area contributed by atoms with Gasteiger partial charge in [0.1, 0.15) is 0 Å². The molecule has 0 saturated heterocycles. The number of aromatic nitrogens is 1. The van der Waals surface area contributed by atoms with E-state index in [-0.39, 0.29) is 10.4 Å². The molecule has 0 aliphatic rings. The summed E-state index contributed by atoms with van der Waals surface area (Å²) >= 11 is 0. The lowest BCUT2D eigenvalue weighted by Gasteiger charge is -2.00. The first-order valence-electron chi connectivity index (χ1n) is 4.19. The molecule has 16 heavy (non-hydrogen) atoms. The number of benzene rings is 1. The minimum absolute atomic E-state index is 0.0910. The lowest BCUT2D eigenvalue weighted by atomic mass is 10.2. The Labute approximate surface area is 95.3 Å². The van der Waals surface area contributed by atoms with Crippen LogP contribution in [-0.4, -0.2) is 24.2 Å². The fourth-order valence-electron chi connectivity index (χ4n) is 1.52.